The van der Waals surface area contributed by atoms with Crippen LogP contribution in [0.1, 0.15) is 84.5 Å². The van der Waals surface area contributed by atoms with Gasteiger partial charge in [0.1, 0.15) is 0 Å². The summed E-state index contributed by atoms with van der Waals surface area (Å²) in [4.78, 5) is 1.94. The van der Waals surface area contributed by atoms with Gasteiger partial charge in [-0.1, -0.05) is 46.0 Å². The Morgan fingerprint density at radius 3 is 2.28 bits per heavy atom. The highest BCUT2D eigenvalue weighted by molar-refractivity contribution is 4.62. The molecule has 0 amide bonds. The van der Waals surface area contributed by atoms with E-state index in [1.165, 1.54) is 83.7 Å². The standard InChI is InChI=1S/C16H33N.ClH/c1-3-5-7-8-9-10-14-17-15-11-13-16(17)12-6-4-2;/h16H,3-15H2,1-2H3;1H. The zero-order valence-corrected chi connectivity index (χ0v) is 13.4. The molecule has 1 aliphatic heterocycles. The lowest BCUT2D eigenvalue weighted by molar-refractivity contribution is -0.912. The lowest BCUT2D eigenvalue weighted by atomic mass is 10.1. The van der Waals surface area contributed by atoms with Gasteiger partial charge in [0.05, 0.1) is 19.1 Å². The van der Waals surface area contributed by atoms with Crippen molar-refractivity contribution in [3.05, 3.63) is 0 Å². The highest BCUT2D eigenvalue weighted by Gasteiger charge is 2.26. The Labute approximate surface area is 121 Å². The third-order valence-corrected chi connectivity index (χ3v) is 4.39. The molecule has 1 nitrogen and oxygen atoms in total. The van der Waals surface area contributed by atoms with E-state index in [0.29, 0.717) is 0 Å². The van der Waals surface area contributed by atoms with Gasteiger partial charge in [-0.15, -0.1) is 0 Å². The van der Waals surface area contributed by atoms with Gasteiger partial charge in [0.15, 0.2) is 0 Å². The Balaban J connectivity index is 0.00000289. The van der Waals surface area contributed by atoms with Crippen LogP contribution in [0, 0.1) is 0 Å². The molecule has 0 aromatic rings. The van der Waals surface area contributed by atoms with Gasteiger partial charge in [-0.3, -0.25) is 0 Å². The van der Waals surface area contributed by atoms with Crippen LogP contribution in [0.25, 0.3) is 0 Å². The summed E-state index contributed by atoms with van der Waals surface area (Å²) in [5.74, 6) is 0. The second-order valence-corrected chi connectivity index (χ2v) is 5.91. The molecule has 1 rings (SSSR count). The fraction of sp³-hybridized carbons (Fsp3) is 1.00. The predicted molar refractivity (Wildman–Crippen MR) is 76.6 cm³/mol. The van der Waals surface area contributed by atoms with Gasteiger partial charge in [-0.25, -0.2) is 0 Å². The molecule has 1 N–H and O–H groups in total. The van der Waals surface area contributed by atoms with E-state index in [1.807, 2.05) is 4.90 Å². The molecule has 0 saturated carbocycles. The van der Waals surface area contributed by atoms with Crippen LogP contribution < -0.4 is 17.3 Å². The third kappa shape index (κ3) is 7.63. The average Bonchev–Trinajstić information content (AvgIpc) is 2.78. The van der Waals surface area contributed by atoms with Gasteiger partial charge >= 0.3 is 0 Å². The molecule has 0 bridgehead atoms. The second kappa shape index (κ2) is 12.3. The van der Waals surface area contributed by atoms with Crippen molar-refractivity contribution < 1.29 is 17.3 Å². The van der Waals surface area contributed by atoms with Gasteiger partial charge in [-0.2, -0.15) is 0 Å². The summed E-state index contributed by atoms with van der Waals surface area (Å²) in [6.45, 7) is 7.54. The molecule has 0 aliphatic carbocycles. The first-order chi connectivity index (χ1) is 8.38. The molecule has 0 aromatic heterocycles. The van der Waals surface area contributed by atoms with Crippen LogP contribution in [0.3, 0.4) is 0 Å². The summed E-state index contributed by atoms with van der Waals surface area (Å²) in [5.41, 5.74) is 0. The Hall–Kier alpha value is 0.250. The maximum absolute atomic E-state index is 2.32. The molecule has 110 valence electrons. The minimum Gasteiger partial charge on any atom is -1.00 e. The van der Waals surface area contributed by atoms with E-state index in [9.17, 15) is 0 Å². The SMILES string of the molecule is CCCCCCCC[NH+]1CCCC1CCCC.[Cl-]. The lowest BCUT2D eigenvalue weighted by Gasteiger charge is -2.21. The summed E-state index contributed by atoms with van der Waals surface area (Å²) in [5, 5.41) is 0. The Morgan fingerprint density at radius 2 is 1.56 bits per heavy atom. The maximum atomic E-state index is 2.32. The molecule has 0 spiro atoms. The lowest BCUT2D eigenvalue weighted by Crippen LogP contribution is -3.13. The number of hydrogen-bond donors (Lipinski definition) is 1. The van der Waals surface area contributed by atoms with Crippen molar-refractivity contribution in [3.8, 4) is 0 Å². The van der Waals surface area contributed by atoms with Gasteiger partial charge < -0.3 is 17.3 Å². The zero-order chi connectivity index (χ0) is 12.3. The zero-order valence-electron chi connectivity index (χ0n) is 12.6. The molecule has 18 heavy (non-hydrogen) atoms. The van der Waals surface area contributed by atoms with Crippen LogP contribution in [0.2, 0.25) is 0 Å². The molecule has 1 aliphatic rings. The fourth-order valence-corrected chi connectivity index (χ4v) is 3.24. The number of unbranched alkanes of at least 4 members (excludes halogenated alkanes) is 6. The van der Waals surface area contributed by atoms with E-state index in [-0.39, 0.29) is 12.4 Å². The van der Waals surface area contributed by atoms with E-state index < -0.39 is 0 Å². The first-order valence-electron chi connectivity index (χ1n) is 8.23. The number of halogens is 1. The minimum atomic E-state index is 0. The van der Waals surface area contributed by atoms with Crippen molar-refractivity contribution in [1.82, 2.24) is 0 Å². The molecule has 0 radical (unpaired) electrons. The van der Waals surface area contributed by atoms with Crippen molar-refractivity contribution in [2.45, 2.75) is 90.5 Å². The van der Waals surface area contributed by atoms with Gasteiger partial charge in [-0.05, 0) is 25.7 Å². The predicted octanol–water partition coefficient (Wildman–Crippen LogP) is 0.588. The Kier molecular flexibility index (Phi) is 12.5. The third-order valence-electron chi connectivity index (χ3n) is 4.39. The fourth-order valence-electron chi connectivity index (χ4n) is 3.24. The smallest absolute Gasteiger partial charge is 0.0876 e. The summed E-state index contributed by atoms with van der Waals surface area (Å²) >= 11 is 0. The number of likely N-dealkylation sites (tertiary alicyclic amines) is 1. The van der Waals surface area contributed by atoms with Crippen molar-refractivity contribution >= 4 is 0 Å². The Morgan fingerprint density at radius 1 is 0.889 bits per heavy atom. The largest absolute Gasteiger partial charge is 1.00 e. The number of rotatable bonds is 10. The summed E-state index contributed by atoms with van der Waals surface area (Å²) in [7, 11) is 0. The highest BCUT2D eigenvalue weighted by Crippen LogP contribution is 2.09. The molecule has 1 saturated heterocycles. The topological polar surface area (TPSA) is 4.44 Å². The van der Waals surface area contributed by atoms with Crippen molar-refractivity contribution in [3.63, 3.8) is 0 Å². The van der Waals surface area contributed by atoms with Crippen LogP contribution in [-0.2, 0) is 0 Å². The van der Waals surface area contributed by atoms with E-state index in [4.69, 9.17) is 0 Å². The molecule has 2 atom stereocenters. The molecule has 1 fully saturated rings. The first-order valence-corrected chi connectivity index (χ1v) is 8.23. The highest BCUT2D eigenvalue weighted by atomic mass is 35.5. The monoisotopic (exact) mass is 275 g/mol. The molecular weight excluding hydrogens is 242 g/mol. The summed E-state index contributed by atoms with van der Waals surface area (Å²) in [6, 6.07) is 1.02. The van der Waals surface area contributed by atoms with Crippen LogP contribution in [-0.4, -0.2) is 19.1 Å². The van der Waals surface area contributed by atoms with Crippen LogP contribution >= 0.6 is 0 Å². The first kappa shape index (κ1) is 18.2. The van der Waals surface area contributed by atoms with Crippen molar-refractivity contribution in [1.29, 1.82) is 0 Å². The van der Waals surface area contributed by atoms with Crippen LogP contribution in [0.5, 0.6) is 0 Å². The molecule has 2 heteroatoms. The van der Waals surface area contributed by atoms with E-state index in [2.05, 4.69) is 13.8 Å². The summed E-state index contributed by atoms with van der Waals surface area (Å²) in [6.07, 6.45) is 16.0. The van der Waals surface area contributed by atoms with Gasteiger partial charge in [0.2, 0.25) is 0 Å². The van der Waals surface area contributed by atoms with Gasteiger partial charge in [0, 0.05) is 12.8 Å². The number of nitrogens with one attached hydrogen (secondary N) is 1. The average molecular weight is 276 g/mol. The molecule has 2 unspecified atom stereocenters. The number of hydrogen-bond acceptors (Lipinski definition) is 0. The quantitative estimate of drug-likeness (QED) is 0.557. The maximum Gasteiger partial charge on any atom is 0.0876 e. The minimum absolute atomic E-state index is 0. The Bertz CT molecular complexity index is 172. The second-order valence-electron chi connectivity index (χ2n) is 5.91. The van der Waals surface area contributed by atoms with Gasteiger partial charge in [0.25, 0.3) is 0 Å². The molecule has 1 heterocycles. The van der Waals surface area contributed by atoms with Crippen LogP contribution in [0.15, 0.2) is 0 Å². The normalized spacial score (nSPS) is 23.0. The molecular formula is C16H34ClN. The summed E-state index contributed by atoms with van der Waals surface area (Å²) < 4.78 is 0. The van der Waals surface area contributed by atoms with Crippen molar-refractivity contribution in [2.75, 3.05) is 13.1 Å². The molecule has 0 aromatic carbocycles. The van der Waals surface area contributed by atoms with Crippen molar-refractivity contribution in [2.24, 2.45) is 0 Å². The van der Waals surface area contributed by atoms with Crippen LogP contribution in [0.4, 0.5) is 0 Å². The number of quaternary nitrogens is 1. The van der Waals surface area contributed by atoms with E-state index in [1.54, 1.807) is 0 Å². The van der Waals surface area contributed by atoms with E-state index in [0.717, 1.165) is 6.04 Å². The van der Waals surface area contributed by atoms with E-state index >= 15 is 0 Å².